The van der Waals surface area contributed by atoms with Gasteiger partial charge in [0.05, 0.1) is 10.6 Å². The molecular weight excluding hydrogens is 606 g/mol. The number of carbonyl (C=O) groups excluding carboxylic acids is 2. The number of nitrogens with one attached hydrogen (secondary N) is 1. The summed E-state index contributed by atoms with van der Waals surface area (Å²) in [4.78, 5) is 30.2. The Morgan fingerprint density at radius 2 is 1.42 bits per heavy atom. The van der Waals surface area contributed by atoms with Gasteiger partial charge in [-0.15, -0.1) is 0 Å². The van der Waals surface area contributed by atoms with Gasteiger partial charge in [-0.2, -0.15) is 0 Å². The molecule has 1 N–H and O–H groups in total. The normalized spacial score (nSPS) is 12.3. The summed E-state index contributed by atoms with van der Waals surface area (Å²) in [5.74, 6) is -0.855. The van der Waals surface area contributed by atoms with Crippen molar-refractivity contribution in [3.05, 3.63) is 130 Å². The van der Waals surface area contributed by atoms with Gasteiger partial charge in [0.1, 0.15) is 12.6 Å². The first-order valence-corrected chi connectivity index (χ1v) is 16.6. The third-order valence-electron chi connectivity index (χ3n) is 7.42. The Hall–Kier alpha value is -4.14. The Morgan fingerprint density at radius 1 is 0.822 bits per heavy atom. The van der Waals surface area contributed by atoms with E-state index in [1.54, 1.807) is 43.3 Å². The van der Waals surface area contributed by atoms with E-state index in [1.807, 2.05) is 82.3 Å². The Bertz CT molecular complexity index is 1740. The molecule has 0 bridgehead atoms. The highest BCUT2D eigenvalue weighted by molar-refractivity contribution is 7.92. The Labute approximate surface area is 271 Å². The van der Waals surface area contributed by atoms with E-state index in [0.29, 0.717) is 10.6 Å². The van der Waals surface area contributed by atoms with Crippen LogP contribution in [0.5, 0.6) is 0 Å². The van der Waals surface area contributed by atoms with Crippen LogP contribution in [0.4, 0.5) is 5.69 Å². The van der Waals surface area contributed by atoms with Crippen LogP contribution in [0.2, 0.25) is 5.02 Å². The SMILES string of the molecule is Cc1ccccc1CN(C(=O)CN(c1cc(Cl)ccc1C)S(=O)(=O)c1ccccc1)C(Cc1ccccc1)C(=O)NC(C)(C)C. The first kappa shape index (κ1) is 33.7. The van der Waals surface area contributed by atoms with Crippen molar-refractivity contribution < 1.29 is 18.0 Å². The zero-order valence-electron chi connectivity index (χ0n) is 26.3. The maximum atomic E-state index is 14.6. The molecule has 0 spiro atoms. The van der Waals surface area contributed by atoms with Crippen molar-refractivity contribution in [3.8, 4) is 0 Å². The molecule has 0 aromatic heterocycles. The Balaban J connectivity index is 1.85. The lowest BCUT2D eigenvalue weighted by Crippen LogP contribution is -2.56. The van der Waals surface area contributed by atoms with E-state index < -0.39 is 34.1 Å². The summed E-state index contributed by atoms with van der Waals surface area (Å²) in [6.45, 7) is 8.92. The van der Waals surface area contributed by atoms with E-state index in [9.17, 15) is 18.0 Å². The van der Waals surface area contributed by atoms with Gasteiger partial charge in [-0.25, -0.2) is 8.42 Å². The van der Waals surface area contributed by atoms with Crippen molar-refractivity contribution in [1.29, 1.82) is 0 Å². The van der Waals surface area contributed by atoms with E-state index in [2.05, 4.69) is 5.32 Å². The molecular formula is C36H40ClN3O4S. The van der Waals surface area contributed by atoms with Gasteiger partial charge in [-0.3, -0.25) is 13.9 Å². The van der Waals surface area contributed by atoms with E-state index in [1.165, 1.54) is 17.0 Å². The van der Waals surface area contributed by atoms with E-state index in [0.717, 1.165) is 21.0 Å². The van der Waals surface area contributed by atoms with E-state index in [4.69, 9.17) is 11.6 Å². The summed E-state index contributed by atoms with van der Waals surface area (Å²) in [5.41, 5.74) is 3.02. The molecule has 0 aliphatic rings. The predicted octanol–water partition coefficient (Wildman–Crippen LogP) is 6.71. The van der Waals surface area contributed by atoms with Crippen molar-refractivity contribution in [2.45, 2.75) is 64.1 Å². The maximum absolute atomic E-state index is 14.6. The first-order chi connectivity index (χ1) is 21.3. The number of sulfonamides is 1. The van der Waals surface area contributed by atoms with Crippen LogP contribution >= 0.6 is 11.6 Å². The number of benzene rings is 4. The van der Waals surface area contributed by atoms with Crippen LogP contribution < -0.4 is 9.62 Å². The van der Waals surface area contributed by atoms with Crippen molar-refractivity contribution in [2.75, 3.05) is 10.8 Å². The lowest BCUT2D eigenvalue weighted by atomic mass is 10.00. The zero-order chi connectivity index (χ0) is 32.8. The standard InChI is InChI=1S/C36H40ClN3O4S/c1-26-14-12-13-17-29(26)24-39(33(35(42)38-36(3,4)5)22-28-15-8-6-9-16-28)34(41)25-40(32-23-30(37)21-20-27(32)2)45(43,44)31-18-10-7-11-19-31/h6-21,23,33H,22,24-25H2,1-5H3,(H,38,42). The van der Waals surface area contributed by atoms with Crippen LogP contribution in [0, 0.1) is 13.8 Å². The van der Waals surface area contributed by atoms with Gasteiger partial charge in [-0.1, -0.05) is 90.5 Å². The van der Waals surface area contributed by atoms with Gasteiger partial charge in [0, 0.05) is 23.5 Å². The first-order valence-electron chi connectivity index (χ1n) is 14.8. The van der Waals surface area contributed by atoms with Crippen molar-refractivity contribution in [1.82, 2.24) is 10.2 Å². The fourth-order valence-corrected chi connectivity index (χ4v) is 6.72. The Kier molecular flexibility index (Phi) is 10.7. The number of nitrogens with zero attached hydrogens (tertiary/aromatic N) is 2. The molecule has 0 heterocycles. The van der Waals surface area contributed by atoms with Gasteiger partial charge in [0.15, 0.2) is 0 Å². The molecule has 0 saturated carbocycles. The molecule has 1 unspecified atom stereocenters. The van der Waals surface area contributed by atoms with Crippen LogP contribution in [0.25, 0.3) is 0 Å². The van der Waals surface area contributed by atoms with Crippen LogP contribution in [0.3, 0.4) is 0 Å². The second-order valence-corrected chi connectivity index (χ2v) is 14.4. The number of anilines is 1. The van der Waals surface area contributed by atoms with Crippen molar-refractivity contribution in [3.63, 3.8) is 0 Å². The second-order valence-electron chi connectivity index (χ2n) is 12.1. The molecule has 45 heavy (non-hydrogen) atoms. The summed E-state index contributed by atoms with van der Waals surface area (Å²) in [7, 11) is -4.21. The fraction of sp³-hybridized carbons (Fsp3) is 0.278. The number of halogens is 1. The third kappa shape index (κ3) is 8.74. The minimum Gasteiger partial charge on any atom is -0.350 e. The zero-order valence-corrected chi connectivity index (χ0v) is 27.9. The van der Waals surface area contributed by atoms with Crippen LogP contribution in [0.15, 0.2) is 108 Å². The number of aryl methyl sites for hydroxylation is 2. The number of amides is 2. The smallest absolute Gasteiger partial charge is 0.264 e. The predicted molar refractivity (Wildman–Crippen MR) is 181 cm³/mol. The van der Waals surface area contributed by atoms with Crippen LogP contribution in [0.1, 0.15) is 43.0 Å². The van der Waals surface area contributed by atoms with E-state index in [-0.39, 0.29) is 29.5 Å². The topological polar surface area (TPSA) is 86.8 Å². The van der Waals surface area contributed by atoms with Gasteiger partial charge in [0.2, 0.25) is 11.8 Å². The largest absolute Gasteiger partial charge is 0.350 e. The maximum Gasteiger partial charge on any atom is 0.264 e. The van der Waals surface area contributed by atoms with Crippen LogP contribution in [-0.4, -0.2) is 43.3 Å². The van der Waals surface area contributed by atoms with Gasteiger partial charge < -0.3 is 10.2 Å². The second kappa shape index (κ2) is 14.3. The quantitative estimate of drug-likeness (QED) is 0.197. The molecule has 0 radical (unpaired) electrons. The lowest BCUT2D eigenvalue weighted by Gasteiger charge is -2.36. The molecule has 7 nitrogen and oxygen atoms in total. The monoisotopic (exact) mass is 645 g/mol. The summed E-state index contributed by atoms with van der Waals surface area (Å²) >= 11 is 6.35. The number of carbonyl (C=O) groups is 2. The molecule has 0 aliphatic heterocycles. The van der Waals surface area contributed by atoms with E-state index >= 15 is 0 Å². The molecule has 4 aromatic rings. The lowest BCUT2D eigenvalue weighted by molar-refractivity contribution is -0.140. The third-order valence-corrected chi connectivity index (χ3v) is 9.43. The fourth-order valence-electron chi connectivity index (χ4n) is 5.06. The average molecular weight is 646 g/mol. The van der Waals surface area contributed by atoms with Gasteiger partial charge >= 0.3 is 0 Å². The summed E-state index contributed by atoms with van der Waals surface area (Å²) in [5, 5.41) is 3.38. The molecule has 0 aliphatic carbocycles. The molecule has 4 rings (SSSR count). The number of rotatable bonds is 11. The molecule has 9 heteroatoms. The molecule has 236 valence electrons. The highest BCUT2D eigenvalue weighted by atomic mass is 35.5. The summed E-state index contributed by atoms with van der Waals surface area (Å²) in [6.07, 6.45) is 0.238. The summed E-state index contributed by atoms with van der Waals surface area (Å²) < 4.78 is 29.5. The van der Waals surface area contributed by atoms with Gasteiger partial charge in [-0.05, 0) is 81.1 Å². The van der Waals surface area contributed by atoms with Crippen LogP contribution in [-0.2, 0) is 32.6 Å². The van der Waals surface area contributed by atoms with Crippen molar-refractivity contribution >= 4 is 39.1 Å². The molecule has 0 fully saturated rings. The molecule has 2 amide bonds. The average Bonchev–Trinajstić information content (AvgIpc) is 2.99. The minimum atomic E-state index is -4.21. The minimum absolute atomic E-state index is 0.0361. The molecule has 1 atom stereocenters. The number of hydrogen-bond donors (Lipinski definition) is 1. The highest BCUT2D eigenvalue weighted by Crippen LogP contribution is 2.30. The number of hydrogen-bond acceptors (Lipinski definition) is 4. The summed E-state index contributed by atoms with van der Waals surface area (Å²) in [6, 6.07) is 29.1. The van der Waals surface area contributed by atoms with Gasteiger partial charge in [0.25, 0.3) is 10.0 Å². The Morgan fingerprint density at radius 3 is 2.04 bits per heavy atom. The highest BCUT2D eigenvalue weighted by Gasteiger charge is 2.36. The van der Waals surface area contributed by atoms with Crippen molar-refractivity contribution in [2.24, 2.45) is 0 Å². The molecule has 0 saturated heterocycles. The molecule has 4 aromatic carbocycles.